The van der Waals surface area contributed by atoms with Crippen LogP contribution in [0, 0.1) is 12.3 Å². The molecule has 0 unspecified atom stereocenters. The number of hydrogen-bond acceptors (Lipinski definition) is 4. The molecule has 0 saturated heterocycles. The van der Waals surface area contributed by atoms with Crippen LogP contribution in [0.4, 0.5) is 0 Å². The van der Waals surface area contributed by atoms with Crippen LogP contribution in [0.1, 0.15) is 32.0 Å². The van der Waals surface area contributed by atoms with Gasteiger partial charge in [0.2, 0.25) is 0 Å². The highest BCUT2D eigenvalue weighted by Gasteiger charge is 2.18. The SMILES string of the molecule is CCCn1cc(S(=O)(=O)NCCCC(=N)N)nc1C. The second-order valence-corrected chi connectivity index (χ2v) is 6.06. The number of nitrogens with one attached hydrogen (secondary N) is 2. The number of sulfonamides is 1. The van der Waals surface area contributed by atoms with Crippen molar-refractivity contribution in [1.82, 2.24) is 14.3 Å². The van der Waals surface area contributed by atoms with Crippen molar-refractivity contribution in [3.05, 3.63) is 12.0 Å². The highest BCUT2D eigenvalue weighted by molar-refractivity contribution is 7.89. The van der Waals surface area contributed by atoms with E-state index in [0.29, 0.717) is 18.7 Å². The van der Waals surface area contributed by atoms with Gasteiger partial charge in [-0.05, 0) is 19.8 Å². The summed E-state index contributed by atoms with van der Waals surface area (Å²) in [5.74, 6) is 0.744. The van der Waals surface area contributed by atoms with Crippen molar-refractivity contribution in [3.8, 4) is 0 Å². The number of amidine groups is 1. The summed E-state index contributed by atoms with van der Waals surface area (Å²) >= 11 is 0. The molecule has 1 aromatic heterocycles. The van der Waals surface area contributed by atoms with Crippen LogP contribution in [0.2, 0.25) is 0 Å². The number of hydrogen-bond donors (Lipinski definition) is 3. The molecule has 4 N–H and O–H groups in total. The Morgan fingerprint density at radius 3 is 2.84 bits per heavy atom. The number of nitrogens with zero attached hydrogens (tertiary/aromatic N) is 2. The Hall–Kier alpha value is -1.41. The molecule has 8 heteroatoms. The van der Waals surface area contributed by atoms with Crippen LogP contribution < -0.4 is 10.5 Å². The molecular weight excluding hydrogens is 266 g/mol. The summed E-state index contributed by atoms with van der Waals surface area (Å²) in [5.41, 5.74) is 5.20. The van der Waals surface area contributed by atoms with E-state index in [-0.39, 0.29) is 17.4 Å². The fourth-order valence-electron chi connectivity index (χ4n) is 1.64. The molecule has 0 saturated carbocycles. The quantitative estimate of drug-likeness (QED) is 0.369. The summed E-state index contributed by atoms with van der Waals surface area (Å²) in [4.78, 5) is 4.06. The van der Waals surface area contributed by atoms with Crippen molar-refractivity contribution in [1.29, 1.82) is 5.41 Å². The topological polar surface area (TPSA) is 114 Å². The maximum absolute atomic E-state index is 12.0. The maximum atomic E-state index is 12.0. The third-order valence-electron chi connectivity index (χ3n) is 2.61. The minimum Gasteiger partial charge on any atom is -0.388 e. The molecule has 0 aromatic carbocycles. The zero-order valence-corrected chi connectivity index (χ0v) is 12.1. The minimum atomic E-state index is -3.57. The number of aryl methyl sites for hydroxylation is 2. The molecule has 7 nitrogen and oxygen atoms in total. The molecule has 1 heterocycles. The molecule has 108 valence electrons. The van der Waals surface area contributed by atoms with E-state index in [1.54, 1.807) is 13.1 Å². The zero-order valence-electron chi connectivity index (χ0n) is 11.3. The second-order valence-electron chi connectivity index (χ2n) is 4.35. The van der Waals surface area contributed by atoms with Crippen LogP contribution in [0.25, 0.3) is 0 Å². The van der Waals surface area contributed by atoms with Gasteiger partial charge in [-0.25, -0.2) is 18.1 Å². The highest BCUT2D eigenvalue weighted by Crippen LogP contribution is 2.09. The molecule has 0 aliphatic rings. The summed E-state index contributed by atoms with van der Waals surface area (Å²) in [5, 5.41) is 7.10. The molecule has 0 bridgehead atoms. The van der Waals surface area contributed by atoms with Crippen molar-refractivity contribution in [2.75, 3.05) is 6.54 Å². The first-order valence-corrected chi connectivity index (χ1v) is 7.71. The zero-order chi connectivity index (χ0) is 14.5. The first-order valence-electron chi connectivity index (χ1n) is 6.23. The van der Waals surface area contributed by atoms with Crippen LogP contribution in [-0.2, 0) is 16.6 Å². The highest BCUT2D eigenvalue weighted by atomic mass is 32.2. The fraction of sp³-hybridized carbons (Fsp3) is 0.636. The standard InChI is InChI=1S/C11H21N5O2S/c1-3-7-16-8-11(15-9(16)2)19(17,18)14-6-4-5-10(12)13/h8,14H,3-7H2,1-2H3,(H3,12,13). The maximum Gasteiger partial charge on any atom is 0.259 e. The van der Waals surface area contributed by atoms with Gasteiger partial charge in [0.05, 0.1) is 5.84 Å². The van der Waals surface area contributed by atoms with Crippen LogP contribution in [0.3, 0.4) is 0 Å². The van der Waals surface area contributed by atoms with E-state index in [2.05, 4.69) is 9.71 Å². The van der Waals surface area contributed by atoms with E-state index in [1.807, 2.05) is 11.5 Å². The number of nitrogens with two attached hydrogens (primary N) is 1. The first kappa shape index (κ1) is 15.6. The lowest BCUT2D eigenvalue weighted by Gasteiger charge is -2.03. The molecule has 1 aromatic rings. The number of imidazole rings is 1. The van der Waals surface area contributed by atoms with E-state index in [9.17, 15) is 8.42 Å². The van der Waals surface area contributed by atoms with E-state index < -0.39 is 10.0 Å². The van der Waals surface area contributed by atoms with Crippen molar-refractivity contribution in [3.63, 3.8) is 0 Å². The lowest BCUT2D eigenvalue weighted by molar-refractivity contribution is 0.576. The summed E-state index contributed by atoms with van der Waals surface area (Å²) in [6.45, 7) is 4.80. The normalized spacial score (nSPS) is 11.7. The molecule has 0 atom stereocenters. The smallest absolute Gasteiger partial charge is 0.259 e. The summed E-state index contributed by atoms with van der Waals surface area (Å²) in [6, 6.07) is 0. The molecule has 0 aliphatic heterocycles. The molecule has 0 aliphatic carbocycles. The minimum absolute atomic E-state index is 0.0428. The lowest BCUT2D eigenvalue weighted by Crippen LogP contribution is -2.26. The van der Waals surface area contributed by atoms with E-state index >= 15 is 0 Å². The summed E-state index contributed by atoms with van der Waals surface area (Å²) in [6.07, 6.45) is 3.35. The van der Waals surface area contributed by atoms with Gasteiger partial charge in [0, 0.05) is 25.7 Å². The van der Waals surface area contributed by atoms with E-state index in [1.165, 1.54) is 0 Å². The average Bonchev–Trinajstić information content (AvgIpc) is 2.68. The molecular formula is C11H21N5O2S. The van der Waals surface area contributed by atoms with E-state index in [4.69, 9.17) is 11.1 Å². The molecule has 0 fully saturated rings. The van der Waals surface area contributed by atoms with Crippen molar-refractivity contribution in [2.45, 2.75) is 44.7 Å². The Bertz CT molecular complexity index is 535. The van der Waals surface area contributed by atoms with Gasteiger partial charge in [0.25, 0.3) is 10.0 Å². The van der Waals surface area contributed by atoms with Gasteiger partial charge in [-0.1, -0.05) is 6.92 Å². The van der Waals surface area contributed by atoms with Gasteiger partial charge < -0.3 is 10.3 Å². The van der Waals surface area contributed by atoms with Gasteiger partial charge in [-0.3, -0.25) is 5.41 Å². The Morgan fingerprint density at radius 2 is 2.26 bits per heavy atom. The van der Waals surface area contributed by atoms with Crippen LogP contribution in [0.5, 0.6) is 0 Å². The van der Waals surface area contributed by atoms with E-state index in [0.717, 1.165) is 13.0 Å². The molecule has 0 radical (unpaired) electrons. The summed E-state index contributed by atoms with van der Waals surface area (Å²) < 4.78 is 28.2. The summed E-state index contributed by atoms with van der Waals surface area (Å²) in [7, 11) is -3.57. The van der Waals surface area contributed by atoms with Gasteiger partial charge in [0.15, 0.2) is 5.03 Å². The third kappa shape index (κ3) is 4.64. The predicted octanol–water partition coefficient (Wildman–Crippen LogP) is 0.596. The fourth-order valence-corrected chi connectivity index (χ4v) is 2.71. The molecule has 1 rings (SSSR count). The van der Waals surface area contributed by atoms with Crippen molar-refractivity contribution < 1.29 is 8.42 Å². The molecule has 0 amide bonds. The van der Waals surface area contributed by atoms with Gasteiger partial charge in [-0.15, -0.1) is 0 Å². The van der Waals surface area contributed by atoms with Gasteiger partial charge >= 0.3 is 0 Å². The Morgan fingerprint density at radius 1 is 1.58 bits per heavy atom. The number of rotatable bonds is 8. The predicted molar refractivity (Wildman–Crippen MR) is 73.6 cm³/mol. The Kier molecular flexibility index (Phi) is 5.49. The number of aromatic nitrogens is 2. The molecule has 19 heavy (non-hydrogen) atoms. The third-order valence-corrected chi connectivity index (χ3v) is 3.94. The second kappa shape index (κ2) is 6.67. The van der Waals surface area contributed by atoms with Crippen LogP contribution in [0.15, 0.2) is 11.2 Å². The van der Waals surface area contributed by atoms with Crippen molar-refractivity contribution in [2.24, 2.45) is 5.73 Å². The first-order chi connectivity index (χ1) is 8.86. The van der Waals surface area contributed by atoms with Crippen molar-refractivity contribution >= 4 is 15.9 Å². The largest absolute Gasteiger partial charge is 0.388 e. The van der Waals surface area contributed by atoms with Crippen LogP contribution in [-0.4, -0.2) is 30.3 Å². The van der Waals surface area contributed by atoms with Crippen LogP contribution >= 0.6 is 0 Å². The average molecular weight is 287 g/mol. The molecule has 0 spiro atoms. The van der Waals surface area contributed by atoms with Gasteiger partial charge in [0.1, 0.15) is 5.82 Å². The lowest BCUT2D eigenvalue weighted by atomic mass is 10.3. The Balaban J connectivity index is 2.66. The van der Waals surface area contributed by atoms with Gasteiger partial charge in [-0.2, -0.15) is 0 Å². The Labute approximate surface area is 113 Å². The monoisotopic (exact) mass is 287 g/mol.